The van der Waals surface area contributed by atoms with E-state index in [-0.39, 0.29) is 0 Å². The minimum atomic E-state index is -0.693. The Morgan fingerprint density at radius 3 is 1.73 bits per heavy atom. The van der Waals surface area contributed by atoms with E-state index in [1.807, 2.05) is 33.0 Å². The molecular formula is C11H25NO3. The molecule has 0 aromatic heterocycles. The highest BCUT2D eigenvalue weighted by molar-refractivity contribution is 5.66. The number of carbonyl (C=O) groups is 1. The summed E-state index contributed by atoms with van der Waals surface area (Å²) >= 11 is 0. The average molecular weight is 219 g/mol. The molecule has 0 aliphatic carbocycles. The summed E-state index contributed by atoms with van der Waals surface area (Å²) in [4.78, 5) is 11.8. The SMILES string of the molecule is C1COC1.CCCCC(=O)O.CN(C)C. The molecule has 4 heteroatoms. The number of carboxylic acid groups (broad SMARTS) is 1. The quantitative estimate of drug-likeness (QED) is 0.787. The molecule has 1 rings (SSSR count). The second-order valence-electron chi connectivity index (χ2n) is 3.80. The Labute approximate surface area is 93.2 Å². The summed E-state index contributed by atoms with van der Waals surface area (Å²) < 4.78 is 4.72. The van der Waals surface area contributed by atoms with Gasteiger partial charge in [0.15, 0.2) is 0 Å². The van der Waals surface area contributed by atoms with Crippen LogP contribution in [0.5, 0.6) is 0 Å². The van der Waals surface area contributed by atoms with Crippen molar-refractivity contribution in [2.75, 3.05) is 34.4 Å². The van der Waals surface area contributed by atoms with Crippen LogP contribution in [0.25, 0.3) is 0 Å². The Hall–Kier alpha value is -0.610. The van der Waals surface area contributed by atoms with Crippen LogP contribution in [0.3, 0.4) is 0 Å². The molecule has 4 nitrogen and oxygen atoms in total. The van der Waals surface area contributed by atoms with Crippen LogP contribution in [0.2, 0.25) is 0 Å². The minimum Gasteiger partial charge on any atom is -0.481 e. The van der Waals surface area contributed by atoms with E-state index in [2.05, 4.69) is 0 Å². The van der Waals surface area contributed by atoms with Gasteiger partial charge in [-0.05, 0) is 34.0 Å². The van der Waals surface area contributed by atoms with Crippen LogP contribution in [-0.2, 0) is 9.53 Å². The molecule has 92 valence electrons. The maximum Gasteiger partial charge on any atom is 0.303 e. The summed E-state index contributed by atoms with van der Waals surface area (Å²) in [7, 11) is 6.00. The van der Waals surface area contributed by atoms with Gasteiger partial charge in [-0.15, -0.1) is 0 Å². The number of ether oxygens (including phenoxy) is 1. The fraction of sp³-hybridized carbons (Fsp3) is 0.909. The molecule has 0 saturated carbocycles. The predicted octanol–water partition coefficient (Wildman–Crippen LogP) is 1.85. The van der Waals surface area contributed by atoms with Crippen LogP contribution in [0.15, 0.2) is 0 Å². The van der Waals surface area contributed by atoms with Gasteiger partial charge < -0.3 is 14.7 Å². The number of aliphatic carboxylic acids is 1. The third kappa shape index (κ3) is 31.8. The molecule has 15 heavy (non-hydrogen) atoms. The van der Waals surface area contributed by atoms with Crippen LogP contribution in [0.4, 0.5) is 0 Å². The van der Waals surface area contributed by atoms with E-state index in [0.717, 1.165) is 26.1 Å². The lowest BCUT2D eigenvalue weighted by Gasteiger charge is -2.09. The normalized spacial score (nSPS) is 12.9. The molecule has 1 heterocycles. The molecule has 0 unspecified atom stereocenters. The topological polar surface area (TPSA) is 49.8 Å². The second-order valence-corrected chi connectivity index (χ2v) is 3.80. The van der Waals surface area contributed by atoms with Gasteiger partial charge in [0.25, 0.3) is 0 Å². The standard InChI is InChI=1S/C5H10O2.C3H9N.C3H6O/c1-2-3-4-5(6)7;1-4(2)3;1-2-4-3-1/h2-4H2,1H3,(H,6,7);1-3H3;1-3H2. The monoisotopic (exact) mass is 219 g/mol. The van der Waals surface area contributed by atoms with Gasteiger partial charge in [0.05, 0.1) is 0 Å². The fourth-order valence-corrected chi connectivity index (χ4v) is 0.472. The molecule has 1 aliphatic heterocycles. The zero-order valence-electron chi connectivity index (χ0n) is 10.5. The van der Waals surface area contributed by atoms with E-state index in [9.17, 15) is 4.79 Å². The Kier molecular flexibility index (Phi) is 15.0. The number of hydrogen-bond donors (Lipinski definition) is 1. The number of hydrogen-bond acceptors (Lipinski definition) is 3. The third-order valence-electron chi connectivity index (χ3n) is 1.32. The molecule has 1 aliphatic rings. The highest BCUT2D eigenvalue weighted by Crippen LogP contribution is 1.93. The summed E-state index contributed by atoms with van der Waals surface area (Å²) in [5, 5.41) is 8.04. The highest BCUT2D eigenvalue weighted by atomic mass is 16.5. The third-order valence-corrected chi connectivity index (χ3v) is 1.32. The zero-order chi connectivity index (χ0) is 12.1. The van der Waals surface area contributed by atoms with Gasteiger partial charge in [-0.25, -0.2) is 0 Å². The Morgan fingerprint density at radius 2 is 1.67 bits per heavy atom. The van der Waals surface area contributed by atoms with E-state index in [1.54, 1.807) is 0 Å². The van der Waals surface area contributed by atoms with Gasteiger partial charge in [-0.2, -0.15) is 0 Å². The first kappa shape index (κ1) is 16.8. The van der Waals surface area contributed by atoms with Crippen molar-refractivity contribution < 1.29 is 14.6 Å². The maximum absolute atomic E-state index is 9.76. The lowest BCUT2D eigenvalue weighted by molar-refractivity contribution is -0.137. The Balaban J connectivity index is 0. The van der Waals surface area contributed by atoms with E-state index < -0.39 is 5.97 Å². The zero-order valence-corrected chi connectivity index (χ0v) is 10.5. The summed E-state index contributed by atoms with van der Waals surface area (Å²) in [5.74, 6) is -0.693. The molecule has 0 atom stereocenters. The van der Waals surface area contributed by atoms with Gasteiger partial charge in [0.2, 0.25) is 0 Å². The first-order valence-corrected chi connectivity index (χ1v) is 5.41. The molecule has 0 radical (unpaired) electrons. The van der Waals surface area contributed by atoms with Gasteiger partial charge in [0.1, 0.15) is 0 Å². The molecular weight excluding hydrogens is 194 g/mol. The van der Waals surface area contributed by atoms with E-state index in [1.165, 1.54) is 6.42 Å². The Morgan fingerprint density at radius 1 is 1.33 bits per heavy atom. The van der Waals surface area contributed by atoms with Crippen molar-refractivity contribution in [2.45, 2.75) is 32.6 Å². The molecule has 0 aromatic carbocycles. The first-order chi connectivity index (χ1) is 7.00. The van der Waals surface area contributed by atoms with Gasteiger partial charge >= 0.3 is 5.97 Å². The Bertz CT molecular complexity index is 127. The largest absolute Gasteiger partial charge is 0.481 e. The average Bonchev–Trinajstić information content (AvgIpc) is 1.96. The molecule has 1 saturated heterocycles. The van der Waals surface area contributed by atoms with Crippen LogP contribution in [0.1, 0.15) is 32.6 Å². The van der Waals surface area contributed by atoms with Crippen molar-refractivity contribution in [1.29, 1.82) is 0 Å². The highest BCUT2D eigenvalue weighted by Gasteiger charge is 1.94. The van der Waals surface area contributed by atoms with Crippen molar-refractivity contribution in [2.24, 2.45) is 0 Å². The van der Waals surface area contributed by atoms with Crippen molar-refractivity contribution in [3.8, 4) is 0 Å². The van der Waals surface area contributed by atoms with Gasteiger partial charge in [0, 0.05) is 19.6 Å². The second kappa shape index (κ2) is 13.4. The van der Waals surface area contributed by atoms with Gasteiger partial charge in [-0.1, -0.05) is 13.3 Å². The first-order valence-electron chi connectivity index (χ1n) is 5.41. The summed E-state index contributed by atoms with van der Waals surface area (Å²) in [6.07, 6.45) is 3.36. The van der Waals surface area contributed by atoms with Crippen molar-refractivity contribution in [1.82, 2.24) is 4.90 Å². The minimum absolute atomic E-state index is 0.316. The maximum atomic E-state index is 9.76. The number of carboxylic acids is 1. The van der Waals surface area contributed by atoms with Crippen molar-refractivity contribution >= 4 is 5.97 Å². The smallest absolute Gasteiger partial charge is 0.303 e. The number of unbranched alkanes of at least 4 members (excludes halogenated alkanes) is 1. The summed E-state index contributed by atoms with van der Waals surface area (Å²) in [6, 6.07) is 0. The molecule has 1 N–H and O–H groups in total. The molecule has 1 fully saturated rings. The van der Waals surface area contributed by atoms with Crippen molar-refractivity contribution in [3.63, 3.8) is 0 Å². The number of nitrogens with zero attached hydrogens (tertiary/aromatic N) is 1. The van der Waals surface area contributed by atoms with Crippen LogP contribution >= 0.6 is 0 Å². The lowest BCUT2D eigenvalue weighted by Crippen LogP contribution is -2.09. The van der Waals surface area contributed by atoms with Crippen molar-refractivity contribution in [3.05, 3.63) is 0 Å². The molecule has 0 bridgehead atoms. The van der Waals surface area contributed by atoms with Crippen LogP contribution < -0.4 is 0 Å². The fourth-order valence-electron chi connectivity index (χ4n) is 0.472. The summed E-state index contributed by atoms with van der Waals surface area (Å²) in [5.41, 5.74) is 0. The molecule has 0 spiro atoms. The molecule has 0 amide bonds. The predicted molar refractivity (Wildman–Crippen MR) is 62.2 cm³/mol. The number of rotatable bonds is 3. The van der Waals surface area contributed by atoms with E-state index in [0.29, 0.717) is 6.42 Å². The van der Waals surface area contributed by atoms with Crippen LogP contribution in [0, 0.1) is 0 Å². The lowest BCUT2D eigenvalue weighted by atomic mass is 10.3. The van der Waals surface area contributed by atoms with E-state index >= 15 is 0 Å². The van der Waals surface area contributed by atoms with Gasteiger partial charge in [-0.3, -0.25) is 4.79 Å². The van der Waals surface area contributed by atoms with Crippen LogP contribution in [-0.4, -0.2) is 50.3 Å². The summed E-state index contributed by atoms with van der Waals surface area (Å²) in [6.45, 7) is 3.98. The molecule has 0 aromatic rings. The van der Waals surface area contributed by atoms with E-state index in [4.69, 9.17) is 9.84 Å².